The average molecular weight is 267 g/mol. The fourth-order valence-electron chi connectivity index (χ4n) is 1.86. The molecule has 0 radical (unpaired) electrons. The third kappa shape index (κ3) is 3.56. The first-order chi connectivity index (χ1) is 8.73. The van der Waals surface area contributed by atoms with E-state index in [2.05, 4.69) is 5.10 Å². The van der Waals surface area contributed by atoms with E-state index in [0.29, 0.717) is 6.42 Å². The van der Waals surface area contributed by atoms with Crippen LogP contribution < -0.4 is 0 Å². The Morgan fingerprint density at radius 3 is 2.42 bits per heavy atom. The minimum Gasteiger partial charge on any atom is -0.480 e. The summed E-state index contributed by atoms with van der Waals surface area (Å²) in [6, 6.07) is 0.836. The number of aromatic nitrogens is 2. The molecule has 0 aliphatic carbocycles. The number of carbonyl (C=O) groups is 2. The predicted octanol–water partition coefficient (Wildman–Crippen LogP) is 1.30. The molecule has 1 aromatic heterocycles. The number of hydrogen-bond donors (Lipinski definition) is 1. The maximum absolute atomic E-state index is 12.2. The van der Waals surface area contributed by atoms with Crippen LogP contribution in [-0.4, -0.2) is 44.8 Å². The van der Waals surface area contributed by atoms with Crippen LogP contribution in [0.25, 0.3) is 0 Å². The molecule has 0 aliphatic rings. The zero-order valence-corrected chi connectivity index (χ0v) is 12.0. The van der Waals surface area contributed by atoms with Gasteiger partial charge in [-0.25, -0.2) is 4.79 Å². The third-order valence-corrected chi connectivity index (χ3v) is 3.10. The van der Waals surface area contributed by atoms with Crippen LogP contribution in [0.3, 0.4) is 0 Å². The molecule has 6 heteroatoms. The molecule has 1 N–H and O–H groups in total. The van der Waals surface area contributed by atoms with Crippen LogP contribution in [0.15, 0.2) is 6.07 Å². The first-order valence-electron chi connectivity index (χ1n) is 6.24. The minimum atomic E-state index is -0.989. The van der Waals surface area contributed by atoms with Gasteiger partial charge in [-0.1, -0.05) is 13.8 Å². The quantitative estimate of drug-likeness (QED) is 0.872. The van der Waals surface area contributed by atoms with Gasteiger partial charge in [-0.15, -0.1) is 0 Å². The summed E-state index contributed by atoms with van der Waals surface area (Å²) in [5, 5.41) is 13.3. The molecular weight excluding hydrogens is 246 g/mol. The van der Waals surface area contributed by atoms with E-state index in [1.54, 1.807) is 17.8 Å². The van der Waals surface area contributed by atoms with Crippen molar-refractivity contribution in [2.24, 2.45) is 13.0 Å². The molecule has 0 aliphatic heterocycles. The van der Waals surface area contributed by atoms with Crippen LogP contribution in [-0.2, 0) is 11.8 Å². The molecule has 106 valence electrons. The second-order valence-corrected chi connectivity index (χ2v) is 5.19. The SMILES string of the molecule is Cc1cc(C(=O)N(C)C(CC(C)C)C(=O)O)nn1C. The number of rotatable bonds is 5. The van der Waals surface area contributed by atoms with Gasteiger partial charge in [-0.05, 0) is 25.3 Å². The summed E-state index contributed by atoms with van der Waals surface area (Å²) >= 11 is 0. The van der Waals surface area contributed by atoms with E-state index in [-0.39, 0.29) is 17.5 Å². The fourth-order valence-corrected chi connectivity index (χ4v) is 1.86. The van der Waals surface area contributed by atoms with Gasteiger partial charge in [0.25, 0.3) is 5.91 Å². The lowest BCUT2D eigenvalue weighted by atomic mass is 10.0. The molecule has 0 saturated carbocycles. The van der Waals surface area contributed by atoms with E-state index < -0.39 is 12.0 Å². The van der Waals surface area contributed by atoms with E-state index >= 15 is 0 Å². The van der Waals surface area contributed by atoms with Crippen LogP contribution in [0.2, 0.25) is 0 Å². The van der Waals surface area contributed by atoms with E-state index in [4.69, 9.17) is 0 Å². The Hall–Kier alpha value is -1.85. The Kier molecular flexibility index (Phi) is 4.69. The molecule has 0 saturated heterocycles. The van der Waals surface area contributed by atoms with Crippen LogP contribution >= 0.6 is 0 Å². The standard InChI is InChI=1S/C13H21N3O3/c1-8(2)6-11(13(18)19)15(4)12(17)10-7-9(3)16(5)14-10/h7-8,11H,6H2,1-5H3,(H,18,19). The highest BCUT2D eigenvalue weighted by Gasteiger charge is 2.29. The monoisotopic (exact) mass is 267 g/mol. The number of aliphatic carboxylic acids is 1. The fraction of sp³-hybridized carbons (Fsp3) is 0.615. The predicted molar refractivity (Wildman–Crippen MR) is 70.9 cm³/mol. The van der Waals surface area contributed by atoms with Crippen LogP contribution in [0.4, 0.5) is 0 Å². The second-order valence-electron chi connectivity index (χ2n) is 5.19. The van der Waals surface area contributed by atoms with Gasteiger partial charge in [0.2, 0.25) is 0 Å². The molecule has 6 nitrogen and oxygen atoms in total. The van der Waals surface area contributed by atoms with Crippen LogP contribution in [0, 0.1) is 12.8 Å². The van der Waals surface area contributed by atoms with Crippen molar-refractivity contribution in [2.75, 3.05) is 7.05 Å². The van der Waals surface area contributed by atoms with Gasteiger partial charge in [0.05, 0.1) is 0 Å². The van der Waals surface area contributed by atoms with E-state index in [1.165, 1.54) is 11.9 Å². The highest BCUT2D eigenvalue weighted by molar-refractivity contribution is 5.94. The lowest BCUT2D eigenvalue weighted by Crippen LogP contribution is -2.43. The largest absolute Gasteiger partial charge is 0.480 e. The van der Waals surface area contributed by atoms with Crippen molar-refractivity contribution in [3.8, 4) is 0 Å². The number of amides is 1. The number of carbonyl (C=O) groups excluding carboxylic acids is 1. The van der Waals surface area contributed by atoms with Crippen LogP contribution in [0.1, 0.15) is 36.5 Å². The second kappa shape index (κ2) is 5.86. The smallest absolute Gasteiger partial charge is 0.326 e. The zero-order chi connectivity index (χ0) is 14.7. The average Bonchev–Trinajstić information content (AvgIpc) is 2.64. The lowest BCUT2D eigenvalue weighted by molar-refractivity contribution is -0.142. The van der Waals surface area contributed by atoms with Crippen molar-refractivity contribution < 1.29 is 14.7 Å². The maximum atomic E-state index is 12.2. The summed E-state index contributed by atoms with van der Waals surface area (Å²) in [4.78, 5) is 24.7. The molecule has 19 heavy (non-hydrogen) atoms. The summed E-state index contributed by atoms with van der Waals surface area (Å²) in [5.41, 5.74) is 1.13. The molecular formula is C13H21N3O3. The highest BCUT2D eigenvalue weighted by atomic mass is 16.4. The molecule has 0 fully saturated rings. The first-order valence-corrected chi connectivity index (χ1v) is 6.24. The van der Waals surface area contributed by atoms with E-state index in [0.717, 1.165) is 5.69 Å². The van der Waals surface area contributed by atoms with Crippen LogP contribution in [0.5, 0.6) is 0 Å². The Labute approximate surface area is 113 Å². The van der Waals surface area contributed by atoms with Gasteiger partial charge in [-0.3, -0.25) is 9.48 Å². The summed E-state index contributed by atoms with van der Waals surface area (Å²) < 4.78 is 1.60. The third-order valence-electron chi connectivity index (χ3n) is 3.10. The van der Waals surface area contributed by atoms with Gasteiger partial charge in [0, 0.05) is 19.8 Å². The zero-order valence-electron chi connectivity index (χ0n) is 12.0. The Morgan fingerprint density at radius 2 is 2.05 bits per heavy atom. The topological polar surface area (TPSA) is 75.4 Å². The Bertz CT molecular complexity index is 460. The number of nitrogens with zero attached hydrogens (tertiary/aromatic N) is 3. The van der Waals surface area contributed by atoms with Gasteiger partial charge >= 0.3 is 5.97 Å². The molecule has 1 rings (SSSR count). The molecule has 0 aromatic carbocycles. The van der Waals surface area contributed by atoms with Crippen molar-refractivity contribution in [3.05, 3.63) is 17.5 Å². The molecule has 0 spiro atoms. The number of carboxylic acids is 1. The number of hydrogen-bond acceptors (Lipinski definition) is 3. The van der Waals surface area contributed by atoms with Crippen molar-refractivity contribution in [2.45, 2.75) is 33.2 Å². The maximum Gasteiger partial charge on any atom is 0.326 e. The lowest BCUT2D eigenvalue weighted by Gasteiger charge is -2.25. The molecule has 0 bridgehead atoms. The van der Waals surface area contributed by atoms with Crippen molar-refractivity contribution >= 4 is 11.9 Å². The molecule has 1 atom stereocenters. The molecule has 1 aromatic rings. The van der Waals surface area contributed by atoms with Crippen molar-refractivity contribution in [3.63, 3.8) is 0 Å². The Balaban J connectivity index is 2.93. The van der Waals surface area contributed by atoms with Gasteiger partial charge in [-0.2, -0.15) is 5.10 Å². The number of carboxylic acid groups (broad SMARTS) is 1. The highest BCUT2D eigenvalue weighted by Crippen LogP contribution is 2.14. The summed E-state index contributed by atoms with van der Waals surface area (Å²) in [6.07, 6.45) is 0.420. The first kappa shape index (κ1) is 15.2. The summed E-state index contributed by atoms with van der Waals surface area (Å²) in [6.45, 7) is 5.70. The van der Waals surface area contributed by atoms with E-state index in [1.807, 2.05) is 20.8 Å². The summed E-state index contributed by atoms with van der Waals surface area (Å²) in [5.74, 6) is -1.16. The molecule has 1 unspecified atom stereocenters. The number of aryl methyl sites for hydroxylation is 2. The van der Waals surface area contributed by atoms with Gasteiger partial charge < -0.3 is 10.0 Å². The van der Waals surface area contributed by atoms with Gasteiger partial charge in [0.15, 0.2) is 5.69 Å². The minimum absolute atomic E-state index is 0.196. The van der Waals surface area contributed by atoms with E-state index in [9.17, 15) is 14.7 Å². The normalized spacial score (nSPS) is 12.5. The summed E-state index contributed by atoms with van der Waals surface area (Å²) in [7, 11) is 3.25. The Morgan fingerprint density at radius 1 is 1.47 bits per heavy atom. The van der Waals surface area contributed by atoms with Crippen molar-refractivity contribution in [1.82, 2.24) is 14.7 Å². The number of likely N-dealkylation sites (N-methyl/N-ethyl adjacent to an activating group) is 1. The molecule has 1 heterocycles. The molecule has 1 amide bonds. The van der Waals surface area contributed by atoms with Crippen molar-refractivity contribution in [1.29, 1.82) is 0 Å². The van der Waals surface area contributed by atoms with Gasteiger partial charge in [0.1, 0.15) is 6.04 Å².